The predicted octanol–water partition coefficient (Wildman–Crippen LogP) is 4.70. The minimum absolute atomic E-state index is 0. The van der Waals surface area contributed by atoms with Crippen LogP contribution in [0.2, 0.25) is 0 Å². The summed E-state index contributed by atoms with van der Waals surface area (Å²) in [6.45, 7) is 11.6. The first-order chi connectivity index (χ1) is 18.8. The van der Waals surface area contributed by atoms with E-state index in [1.807, 2.05) is 78.7 Å². The number of nitrogens with zero attached hydrogens (tertiary/aromatic N) is 7. The summed E-state index contributed by atoms with van der Waals surface area (Å²) in [7, 11) is 0. The van der Waals surface area contributed by atoms with Crippen LogP contribution in [0.4, 0.5) is 0 Å². The van der Waals surface area contributed by atoms with Crippen LogP contribution in [0.3, 0.4) is 0 Å². The third-order valence-corrected chi connectivity index (χ3v) is 3.81. The van der Waals surface area contributed by atoms with Crippen molar-refractivity contribution in [2.45, 2.75) is 41.5 Å². The first-order valence-corrected chi connectivity index (χ1v) is 12.0. The van der Waals surface area contributed by atoms with Gasteiger partial charge in [0.1, 0.15) is 5.40 Å². The number of hydrogen-bond acceptors (Lipinski definition) is 8. The molecular weight excluding hydrogens is 569 g/mol. The van der Waals surface area contributed by atoms with E-state index in [0.717, 1.165) is 34.2 Å². The molecule has 6 N–H and O–H groups in total. The van der Waals surface area contributed by atoms with E-state index < -0.39 is 0 Å². The van der Waals surface area contributed by atoms with Crippen LogP contribution in [-0.2, 0) is 17.1 Å². The van der Waals surface area contributed by atoms with Gasteiger partial charge in [-0.1, -0.05) is 12.6 Å². The molecule has 0 atom stereocenters. The maximum absolute atomic E-state index is 7.18. The maximum Gasteiger partial charge on any atom is 2.00 e. The van der Waals surface area contributed by atoms with Crippen molar-refractivity contribution < 1.29 is 17.1 Å². The number of H-pyrrole nitrogens is 6. The fraction of sp³-hybridized carbons (Fsp3) is 0.240. The normalized spacial score (nSPS) is 8.15. The molecule has 15 heteroatoms. The van der Waals surface area contributed by atoms with E-state index in [0.29, 0.717) is 0 Å². The summed E-state index contributed by atoms with van der Waals surface area (Å²) >= 11 is 3.09. The molecule has 0 unspecified atom stereocenters. The molecule has 0 aliphatic rings. The molecule has 6 heterocycles. The van der Waals surface area contributed by atoms with Crippen LogP contribution >= 0.6 is 12.6 Å². The number of aromatic amines is 6. The van der Waals surface area contributed by atoms with Crippen LogP contribution in [0.1, 0.15) is 34.2 Å². The van der Waals surface area contributed by atoms with E-state index in [9.17, 15) is 0 Å². The minimum Gasteiger partial charge on any atom is -0.351 e. The number of nitriles is 1. The smallest absolute Gasteiger partial charge is 0.351 e. The van der Waals surface area contributed by atoms with Crippen LogP contribution in [-0.4, -0.2) is 59.8 Å². The van der Waals surface area contributed by atoms with Crippen molar-refractivity contribution in [2.24, 2.45) is 0 Å². The number of nitrogens with one attached hydrogen (secondary N) is 6. The Hall–Kier alpha value is -4.38. The Kier molecular flexibility index (Phi) is 24.8. The van der Waals surface area contributed by atoms with E-state index in [-0.39, 0.29) is 17.1 Å². The van der Waals surface area contributed by atoms with Gasteiger partial charge in [-0.15, -0.1) is 0 Å². The topological polar surface area (TPSA) is 196 Å². The van der Waals surface area contributed by atoms with Crippen molar-refractivity contribution in [3.8, 4) is 5.40 Å². The van der Waals surface area contributed by atoms with Gasteiger partial charge in [-0.3, -0.25) is 0 Å². The summed E-state index contributed by atoms with van der Waals surface area (Å²) in [6.07, 6.45) is 21.1. The summed E-state index contributed by atoms with van der Waals surface area (Å²) in [5.74, 6) is 0. The molecule has 0 aliphatic heterocycles. The van der Waals surface area contributed by atoms with Crippen molar-refractivity contribution in [1.82, 2.24) is 59.8 Å². The Balaban J connectivity index is 0. The zero-order chi connectivity index (χ0) is 29.1. The van der Waals surface area contributed by atoms with Crippen LogP contribution in [0.25, 0.3) is 0 Å². The number of aromatic nitrogens is 12. The third kappa shape index (κ3) is 25.3. The molecule has 0 aliphatic carbocycles. The Morgan fingerprint density at radius 3 is 0.600 bits per heavy atom. The molecule has 0 fully saturated rings. The molecule has 0 saturated heterocycles. The van der Waals surface area contributed by atoms with Gasteiger partial charge in [-0.2, -0.15) is 5.26 Å². The van der Waals surface area contributed by atoms with E-state index >= 15 is 0 Å². The molecule has 0 spiro atoms. The van der Waals surface area contributed by atoms with Gasteiger partial charge >= 0.3 is 17.1 Å². The van der Waals surface area contributed by atoms with E-state index in [1.165, 1.54) is 5.40 Å². The van der Waals surface area contributed by atoms with Crippen LogP contribution in [0, 0.1) is 52.2 Å². The van der Waals surface area contributed by atoms with Crippen molar-refractivity contribution >= 4 is 12.6 Å². The molecule has 0 saturated carbocycles. The third-order valence-electron chi connectivity index (χ3n) is 3.81. The number of imidazole rings is 6. The largest absolute Gasteiger partial charge is 2.00 e. The van der Waals surface area contributed by atoms with Crippen molar-refractivity contribution in [3.63, 3.8) is 0 Å². The van der Waals surface area contributed by atoms with Crippen LogP contribution < -0.4 is 0 Å². The number of rotatable bonds is 0. The average Bonchev–Trinajstić information content (AvgIpc) is 3.73. The van der Waals surface area contributed by atoms with Gasteiger partial charge in [-0.25, -0.2) is 29.9 Å². The molecule has 0 bridgehead atoms. The SMILES string of the molecule is Cc1c[nH]cn1.Cc1c[nH]cn1.Cc1c[nH]cn1.Cc1c[nH]cn1.Cc1c[nH]cn1.Cc1c[nH]cn1.N#CS.[Mn+2]. The van der Waals surface area contributed by atoms with Gasteiger partial charge in [0.25, 0.3) is 0 Å². The molecule has 6 aromatic heterocycles. The first-order valence-electron chi connectivity index (χ1n) is 11.5. The molecule has 13 nitrogen and oxygen atoms in total. The Bertz CT molecular complexity index is 1010. The second-order valence-electron chi connectivity index (χ2n) is 7.36. The summed E-state index contributed by atoms with van der Waals surface area (Å²) in [6, 6.07) is 0. The number of thiocyanates is 1. The summed E-state index contributed by atoms with van der Waals surface area (Å²) < 4.78 is 0. The summed E-state index contributed by atoms with van der Waals surface area (Å²) in [4.78, 5) is 40.1. The Labute approximate surface area is 250 Å². The number of hydrogen-bond donors (Lipinski definition) is 7. The van der Waals surface area contributed by atoms with Gasteiger partial charge in [-0.05, 0) is 41.5 Å². The molecular formula is C25H37MnN13S+2. The van der Waals surface area contributed by atoms with Gasteiger partial charge in [0.05, 0.1) is 72.1 Å². The molecule has 0 amide bonds. The van der Waals surface area contributed by atoms with Gasteiger partial charge in [0, 0.05) is 37.2 Å². The fourth-order valence-corrected chi connectivity index (χ4v) is 2.01. The van der Waals surface area contributed by atoms with E-state index in [2.05, 4.69) is 72.4 Å². The van der Waals surface area contributed by atoms with Crippen molar-refractivity contribution in [1.29, 1.82) is 5.26 Å². The average molecular weight is 607 g/mol. The van der Waals surface area contributed by atoms with Crippen LogP contribution in [0.15, 0.2) is 75.1 Å². The van der Waals surface area contributed by atoms with Gasteiger partial charge in [0.2, 0.25) is 0 Å². The van der Waals surface area contributed by atoms with Crippen LogP contribution in [0.5, 0.6) is 0 Å². The van der Waals surface area contributed by atoms with Gasteiger partial charge in [0.15, 0.2) is 0 Å². The Morgan fingerprint density at radius 1 is 0.450 bits per heavy atom. The monoisotopic (exact) mass is 606 g/mol. The summed E-state index contributed by atoms with van der Waals surface area (Å²) in [5.41, 5.74) is 6.22. The molecule has 40 heavy (non-hydrogen) atoms. The predicted molar refractivity (Wildman–Crippen MR) is 155 cm³/mol. The zero-order valence-corrected chi connectivity index (χ0v) is 25.5. The zero-order valence-electron chi connectivity index (χ0n) is 23.4. The van der Waals surface area contributed by atoms with Gasteiger partial charge < -0.3 is 29.9 Å². The molecule has 1 radical (unpaired) electrons. The second kappa shape index (κ2) is 26.2. The minimum atomic E-state index is 0. The van der Waals surface area contributed by atoms with E-state index in [1.54, 1.807) is 38.0 Å². The van der Waals surface area contributed by atoms with E-state index in [4.69, 9.17) is 5.26 Å². The number of aryl methyl sites for hydroxylation is 6. The second-order valence-corrected chi connectivity index (χ2v) is 7.56. The molecule has 6 rings (SSSR count). The fourth-order valence-electron chi connectivity index (χ4n) is 2.01. The quantitative estimate of drug-likeness (QED) is 0.0739. The van der Waals surface area contributed by atoms with Crippen molar-refractivity contribution in [2.75, 3.05) is 0 Å². The molecule has 0 aromatic carbocycles. The molecule has 6 aromatic rings. The Morgan fingerprint density at radius 2 is 0.575 bits per heavy atom. The maximum atomic E-state index is 7.18. The standard InChI is InChI=1S/6C4H6N2.CHNS.Mn/c6*1-4-2-5-3-6-4;2-1-3;/h6*2-3H,1H3,(H,5,6);3H;/q;;;;;;;+2. The molecule has 213 valence electrons. The summed E-state index contributed by atoms with van der Waals surface area (Å²) in [5, 5.41) is 8.63. The number of thiol groups is 1. The first kappa shape index (κ1) is 37.8. The van der Waals surface area contributed by atoms with Crippen molar-refractivity contribution in [3.05, 3.63) is 109 Å².